The van der Waals surface area contributed by atoms with E-state index in [1.54, 1.807) is 17.0 Å². The highest BCUT2D eigenvalue weighted by molar-refractivity contribution is 5.99. The van der Waals surface area contributed by atoms with E-state index in [1.165, 1.54) is 60.0 Å². The number of piperidine rings is 1. The largest absolute Gasteiger partial charge is 0.343 e. The highest BCUT2D eigenvalue weighted by Gasteiger charge is 2.41. The fourth-order valence-electron chi connectivity index (χ4n) is 21.9. The van der Waals surface area contributed by atoms with Crippen molar-refractivity contribution in [2.24, 2.45) is 0 Å². The van der Waals surface area contributed by atoms with E-state index >= 15 is 0 Å². The smallest absolute Gasteiger partial charge is 0.230 e. The first-order valence-electron chi connectivity index (χ1n) is 46.2. The van der Waals surface area contributed by atoms with Crippen molar-refractivity contribution < 1.29 is 54.7 Å². The number of aromatic nitrogens is 5. The Morgan fingerprint density at radius 3 is 1.06 bits per heavy atom. The van der Waals surface area contributed by atoms with Gasteiger partial charge in [-0.15, -0.1) is 0 Å². The number of hydrogen-bond acceptors (Lipinski definition) is 5. The number of amides is 5. The highest BCUT2D eigenvalue weighted by Crippen LogP contribution is 2.47. The number of fused-ring (bicyclic) bond motifs is 15. The van der Waals surface area contributed by atoms with Gasteiger partial charge in [0.05, 0.1) is 67.8 Å². The number of nitrogens with zero attached hydrogens (tertiary/aromatic N) is 10. The molecule has 2 fully saturated rings. The molecule has 15 nitrogen and oxygen atoms in total. The summed E-state index contributed by atoms with van der Waals surface area (Å²) in [6.07, 6.45) is 21.5. The molecule has 2 saturated heterocycles. The quantitative estimate of drug-likeness (QED) is 0.0662. The maximum absolute atomic E-state index is 14.6. The number of rotatable bonds is 21. The third-order valence-electron chi connectivity index (χ3n) is 27.4. The maximum Gasteiger partial charge on any atom is 0.230 e. The van der Waals surface area contributed by atoms with Gasteiger partial charge in [0.2, 0.25) is 29.5 Å². The van der Waals surface area contributed by atoms with Gasteiger partial charge in [0, 0.05) is 143 Å². The normalized spacial score (nSPS) is 18.5. The second kappa shape index (κ2) is 42.2. The average molecular weight is 1700 g/mol. The number of halogens is 7. The van der Waals surface area contributed by atoms with Crippen LogP contribution < -0.4 is 0 Å². The van der Waals surface area contributed by atoms with E-state index in [0.717, 1.165) is 231 Å². The van der Waals surface area contributed by atoms with Crippen LogP contribution in [-0.2, 0) is 95.3 Å². The summed E-state index contributed by atoms with van der Waals surface area (Å²) < 4.78 is 104. The predicted octanol–water partition coefficient (Wildman–Crippen LogP) is 21.2. The fourth-order valence-corrected chi connectivity index (χ4v) is 21.9. The Hall–Kier alpha value is -10.1. The number of alkyl halides is 5. The van der Waals surface area contributed by atoms with Crippen LogP contribution in [0.2, 0.25) is 0 Å². The number of para-hydroxylation sites is 3. The zero-order chi connectivity index (χ0) is 87.1. The number of carbonyl (C=O) groups is 5. The van der Waals surface area contributed by atoms with E-state index in [4.69, 9.17) is 0 Å². The lowest BCUT2D eigenvalue weighted by Crippen LogP contribution is -2.39. The third kappa shape index (κ3) is 18.6. The van der Waals surface area contributed by atoms with Gasteiger partial charge in [-0.3, -0.25) is 24.0 Å². The number of carbonyl (C=O) groups excluding carboxylic acids is 5. The topological polar surface area (TPSA) is 126 Å². The van der Waals surface area contributed by atoms with Crippen LogP contribution in [0.5, 0.6) is 0 Å². The van der Waals surface area contributed by atoms with Crippen molar-refractivity contribution in [3.8, 4) is 0 Å². The van der Waals surface area contributed by atoms with Gasteiger partial charge in [0.25, 0.3) is 0 Å². The molecule has 124 heavy (non-hydrogen) atoms. The minimum Gasteiger partial charge on any atom is -0.343 e. The number of hydrogen-bond donors (Lipinski definition) is 0. The van der Waals surface area contributed by atoms with Gasteiger partial charge in [0.1, 0.15) is 45.0 Å². The average Bonchev–Trinajstić information content (AvgIpc) is 1.62. The van der Waals surface area contributed by atoms with Crippen LogP contribution in [0.3, 0.4) is 0 Å². The van der Waals surface area contributed by atoms with Crippen LogP contribution in [0, 0.1) is 11.6 Å². The summed E-state index contributed by atoms with van der Waals surface area (Å²) in [5, 5.41) is 4.68. The molecule has 22 heteroatoms. The molecule has 0 N–H and O–H groups in total. The molecular formula is C102H125F7N10O5. The molecule has 5 aliphatic carbocycles. The van der Waals surface area contributed by atoms with E-state index in [2.05, 4.69) is 53.8 Å². The molecule has 0 bridgehead atoms. The summed E-state index contributed by atoms with van der Waals surface area (Å²) in [4.78, 5) is 75.4. The molecule has 11 aromatic rings. The lowest BCUT2D eigenvalue weighted by atomic mass is 9.83. The molecule has 0 spiro atoms. The molecule has 6 aromatic carbocycles. The second-order valence-corrected chi connectivity index (χ2v) is 34.4. The zero-order valence-electron chi connectivity index (χ0n) is 73.3. The standard InChI is InChI=1S/C23H25FN2O.C21H27FN2O.C20H25FN2O.2C19H24F2N2O/c1-25(16-17-8-3-2-4-9-17)23(27)19-11-7-13-21-22(19)18-10-5-6-12-20(18)26(21)15-14-24;22-12-15-24-18-10-4-3-8-16(18)20-17(9-7-11-19(20)24)21(25)23-13-5-1-2-6-14-23;21-11-14-23-17-9-3-2-7-15(17)19-16(8-6-10-18(19)23)20(24)22-12-4-1-5-13-22;1-3-22(4-2)19(24)13-7-5-9-15-17(13)18-14(21)8-6-10-16(18)23(15)12-11-20;1-3-22(4-2)19(24)14-6-5-7-17-18(14)15-12-13(21)8-9-16(15)23(17)11-10-20/h2-6,8-10,12,19H,7,11,13-16H2,1H3;3-4,8,10,17H,1-2,5-7,9,11-15H2;2-3,7,9,16H,1,4-6,8,10-14H2;6,8,10,13H,3-5,7,9,11-12H2,1-2H3;8-9,12,14H,3-7,10-11H2,1-2H3/i24-1;22-1;21-1;2*20-1. The first-order valence-corrected chi connectivity index (χ1v) is 46.2. The Balaban J connectivity index is 0.000000126. The van der Waals surface area contributed by atoms with Crippen molar-refractivity contribution in [1.29, 1.82) is 0 Å². The predicted molar refractivity (Wildman–Crippen MR) is 482 cm³/mol. The van der Waals surface area contributed by atoms with Crippen molar-refractivity contribution >= 4 is 84.1 Å². The van der Waals surface area contributed by atoms with Crippen LogP contribution in [-0.4, -0.2) is 170 Å². The van der Waals surface area contributed by atoms with Crippen molar-refractivity contribution in [3.05, 3.63) is 213 Å². The Kier molecular flexibility index (Phi) is 30.7. The number of aryl methyl sites for hydroxylation is 5. The van der Waals surface area contributed by atoms with Crippen LogP contribution in [0.1, 0.15) is 228 Å². The maximum atomic E-state index is 14.6. The summed E-state index contributed by atoms with van der Waals surface area (Å²) in [6, 6.07) is 44.1. The molecule has 5 aromatic heterocycles. The van der Waals surface area contributed by atoms with E-state index in [-0.39, 0.29) is 85.4 Å². The molecule has 5 amide bonds. The van der Waals surface area contributed by atoms with Gasteiger partial charge in [-0.05, 0) is 238 Å². The minimum absolute atomic E-state index is 0.0439. The van der Waals surface area contributed by atoms with E-state index in [0.29, 0.717) is 75.1 Å². The monoisotopic (exact) mass is 1700 g/mol. The SMILES string of the molecule is CCN(CC)C(=O)C1CCCc2c1c1c(F)cccc1n2CC[18F].CCN(CC)C(=O)C1CCCc2c1c1cc(F)ccc1n2CC[18F].CN(Cc1ccccc1)C(=O)C1CCCc2c1c1ccccc1n2CC[18F].O=C(C1CCCc2c1c1ccccc1n2CC[18F])N1CCCCC1.O=C(C1CCCc2c1c1ccccc1n2CC[18F])N1CCCCCC1. The lowest BCUT2D eigenvalue weighted by Gasteiger charge is -2.32. The Morgan fingerprint density at radius 1 is 0.339 bits per heavy atom. The lowest BCUT2D eigenvalue weighted by molar-refractivity contribution is -0.134. The van der Waals surface area contributed by atoms with Crippen LogP contribution >= 0.6 is 0 Å². The van der Waals surface area contributed by atoms with Gasteiger partial charge in [0.15, 0.2) is 0 Å². The molecule has 2 aliphatic heterocycles. The van der Waals surface area contributed by atoms with Crippen LogP contribution in [0.4, 0.5) is 30.7 Å². The minimum atomic E-state index is -0.499. The number of likely N-dealkylation sites (tertiary alicyclic amines) is 2. The summed E-state index contributed by atoms with van der Waals surface area (Å²) in [5.41, 5.74) is 16.5. The third-order valence-corrected chi connectivity index (χ3v) is 27.4. The van der Waals surface area contributed by atoms with Crippen molar-refractivity contribution in [2.75, 3.05) is 92.8 Å². The molecule has 7 heterocycles. The molecule has 5 unspecified atom stereocenters. The number of benzene rings is 6. The summed E-state index contributed by atoms with van der Waals surface area (Å²) in [7, 11) is 1.88. The molecule has 18 rings (SSSR count). The van der Waals surface area contributed by atoms with Crippen LogP contribution in [0.15, 0.2) is 140 Å². The fraction of sp³-hybridized carbons (Fsp3) is 0.500. The van der Waals surface area contributed by atoms with Crippen LogP contribution in [0.25, 0.3) is 54.5 Å². The zero-order valence-corrected chi connectivity index (χ0v) is 73.3. The molecular weight excluding hydrogens is 1570 g/mol. The summed E-state index contributed by atoms with van der Waals surface area (Å²) in [5.74, 6) is -0.546. The molecule has 7 aliphatic rings. The Labute approximate surface area is 725 Å². The van der Waals surface area contributed by atoms with E-state index in [1.807, 2.05) is 133 Å². The van der Waals surface area contributed by atoms with Crippen molar-refractivity contribution in [2.45, 2.75) is 238 Å². The molecule has 5 atom stereocenters. The number of likely N-dealkylation sites (N-methyl/N-ethyl adjacent to an activating group) is 3. The highest BCUT2D eigenvalue weighted by atomic mass is 19.1. The molecule has 662 valence electrons. The Bertz CT molecular complexity index is 5510. The van der Waals surface area contributed by atoms with Gasteiger partial charge in [-0.1, -0.05) is 104 Å². The second-order valence-electron chi connectivity index (χ2n) is 34.4. The Morgan fingerprint density at radius 2 is 0.661 bits per heavy atom. The van der Waals surface area contributed by atoms with E-state index < -0.39 is 20.0 Å². The van der Waals surface area contributed by atoms with Crippen molar-refractivity contribution in [1.82, 2.24) is 47.3 Å². The van der Waals surface area contributed by atoms with Gasteiger partial charge in [-0.25, -0.2) is 30.7 Å². The van der Waals surface area contributed by atoms with Gasteiger partial charge in [-0.2, -0.15) is 0 Å². The summed E-state index contributed by atoms with van der Waals surface area (Å²) >= 11 is 0. The first-order chi connectivity index (χ1) is 60.6. The molecule has 0 saturated carbocycles. The van der Waals surface area contributed by atoms with Crippen molar-refractivity contribution in [3.63, 3.8) is 0 Å². The molecule has 0 radical (unpaired) electrons. The first kappa shape index (κ1) is 90.1. The summed E-state index contributed by atoms with van der Waals surface area (Å²) in [6.45, 7) is 14.2. The van der Waals surface area contributed by atoms with Gasteiger partial charge >= 0.3 is 0 Å². The van der Waals surface area contributed by atoms with Gasteiger partial charge < -0.3 is 47.3 Å². The van der Waals surface area contributed by atoms with E-state index in [9.17, 15) is 54.7 Å².